The monoisotopic (exact) mass is 388 g/mol. The van der Waals surface area contributed by atoms with Crippen molar-refractivity contribution in [1.29, 1.82) is 0 Å². The second-order valence-electron chi connectivity index (χ2n) is 6.45. The van der Waals surface area contributed by atoms with Gasteiger partial charge in [-0.05, 0) is 42.3 Å². The molecule has 142 valence electrons. The summed E-state index contributed by atoms with van der Waals surface area (Å²) in [6.07, 6.45) is 0.600. The molecule has 4 rings (SSSR count). The molecule has 1 fully saturated rings. The second-order valence-corrected chi connectivity index (χ2v) is 8.47. The Morgan fingerprint density at radius 3 is 2.67 bits per heavy atom. The van der Waals surface area contributed by atoms with E-state index in [1.165, 1.54) is 4.31 Å². The Hall–Kier alpha value is -2.74. The Morgan fingerprint density at radius 2 is 1.89 bits per heavy atom. The van der Waals surface area contributed by atoms with E-state index in [4.69, 9.17) is 9.47 Å². The van der Waals surface area contributed by atoms with Crippen LogP contribution in [-0.4, -0.2) is 39.8 Å². The highest BCUT2D eigenvalue weighted by Crippen LogP contribution is 2.30. The third-order valence-corrected chi connectivity index (χ3v) is 6.42. The first-order valence-electron chi connectivity index (χ1n) is 8.80. The summed E-state index contributed by atoms with van der Waals surface area (Å²) in [6, 6.07) is 12.2. The number of hydrogen-bond donors (Lipinski definition) is 1. The van der Waals surface area contributed by atoms with Crippen LogP contribution in [0.5, 0.6) is 11.5 Å². The van der Waals surface area contributed by atoms with Gasteiger partial charge in [-0.1, -0.05) is 12.1 Å². The van der Waals surface area contributed by atoms with Crippen LogP contribution < -0.4 is 19.1 Å². The van der Waals surface area contributed by atoms with E-state index in [9.17, 15) is 13.2 Å². The van der Waals surface area contributed by atoms with Crippen molar-refractivity contribution in [2.45, 2.75) is 13.0 Å². The summed E-state index contributed by atoms with van der Waals surface area (Å²) >= 11 is 0. The molecule has 0 radical (unpaired) electrons. The molecule has 2 aliphatic heterocycles. The molecule has 0 saturated carbocycles. The molecule has 2 aliphatic rings. The number of carbonyl (C=O) groups is 1. The van der Waals surface area contributed by atoms with E-state index >= 15 is 0 Å². The molecule has 2 aromatic carbocycles. The topological polar surface area (TPSA) is 84.9 Å². The van der Waals surface area contributed by atoms with Crippen molar-refractivity contribution < 1.29 is 22.7 Å². The fourth-order valence-corrected chi connectivity index (χ4v) is 4.77. The minimum Gasteiger partial charge on any atom is -0.486 e. The van der Waals surface area contributed by atoms with Gasteiger partial charge >= 0.3 is 0 Å². The van der Waals surface area contributed by atoms with E-state index < -0.39 is 10.0 Å². The number of carbonyl (C=O) groups excluding carboxylic acids is 1. The van der Waals surface area contributed by atoms with Crippen molar-refractivity contribution in [2.24, 2.45) is 0 Å². The van der Waals surface area contributed by atoms with Gasteiger partial charge in [0, 0.05) is 18.7 Å². The lowest BCUT2D eigenvalue weighted by molar-refractivity contribution is 0.0951. The molecule has 2 aromatic rings. The highest BCUT2D eigenvalue weighted by Gasteiger charge is 2.28. The summed E-state index contributed by atoms with van der Waals surface area (Å²) in [5.41, 5.74) is 1.84. The fourth-order valence-electron chi connectivity index (χ4n) is 3.21. The predicted molar refractivity (Wildman–Crippen MR) is 101 cm³/mol. The predicted octanol–water partition coefficient (Wildman–Crippen LogP) is 1.93. The number of anilines is 1. The van der Waals surface area contributed by atoms with Crippen LogP contribution in [0.2, 0.25) is 0 Å². The van der Waals surface area contributed by atoms with Crippen LogP contribution in [0.3, 0.4) is 0 Å². The van der Waals surface area contributed by atoms with Crippen molar-refractivity contribution in [3.05, 3.63) is 53.6 Å². The second kappa shape index (κ2) is 7.11. The van der Waals surface area contributed by atoms with E-state index in [1.54, 1.807) is 24.3 Å². The number of rotatable bonds is 4. The maximum Gasteiger partial charge on any atom is 0.251 e. The maximum atomic E-state index is 12.5. The van der Waals surface area contributed by atoms with Gasteiger partial charge in [0.1, 0.15) is 13.2 Å². The Bertz CT molecular complexity index is 974. The molecule has 1 amide bonds. The molecular weight excluding hydrogens is 368 g/mol. The Balaban J connectivity index is 1.45. The molecule has 0 unspecified atom stereocenters. The lowest BCUT2D eigenvalue weighted by atomic mass is 10.1. The summed E-state index contributed by atoms with van der Waals surface area (Å²) < 4.78 is 36.5. The van der Waals surface area contributed by atoms with E-state index in [2.05, 4.69) is 5.32 Å². The zero-order valence-corrected chi connectivity index (χ0v) is 15.5. The number of amides is 1. The number of hydrogen-bond acceptors (Lipinski definition) is 5. The quantitative estimate of drug-likeness (QED) is 0.865. The number of sulfonamides is 1. The first-order valence-corrected chi connectivity index (χ1v) is 10.4. The summed E-state index contributed by atoms with van der Waals surface area (Å²) in [4.78, 5) is 12.5. The van der Waals surface area contributed by atoms with Crippen molar-refractivity contribution in [2.75, 3.05) is 29.8 Å². The maximum absolute atomic E-state index is 12.5. The normalized spacial score (nSPS) is 17.6. The number of nitrogens with one attached hydrogen (secondary N) is 1. The lowest BCUT2D eigenvalue weighted by Crippen LogP contribution is -2.26. The van der Waals surface area contributed by atoms with Gasteiger partial charge < -0.3 is 14.8 Å². The molecule has 0 aliphatic carbocycles. The summed E-state index contributed by atoms with van der Waals surface area (Å²) in [7, 11) is -3.27. The van der Waals surface area contributed by atoms with Crippen LogP contribution in [0.25, 0.3) is 0 Å². The molecule has 1 saturated heterocycles. The number of fused-ring (bicyclic) bond motifs is 1. The SMILES string of the molecule is O=C(NCc1ccc2c(c1)OCCO2)c1cccc(N2CCCS2(=O)=O)c1. The van der Waals surface area contributed by atoms with E-state index in [1.807, 2.05) is 18.2 Å². The Labute approximate surface area is 157 Å². The smallest absolute Gasteiger partial charge is 0.251 e. The molecule has 27 heavy (non-hydrogen) atoms. The number of nitrogens with zero attached hydrogens (tertiary/aromatic N) is 1. The number of ether oxygens (including phenoxy) is 2. The van der Waals surface area contributed by atoms with E-state index in [0.29, 0.717) is 55.5 Å². The van der Waals surface area contributed by atoms with Gasteiger partial charge in [0.15, 0.2) is 11.5 Å². The van der Waals surface area contributed by atoms with Gasteiger partial charge in [-0.3, -0.25) is 9.10 Å². The van der Waals surface area contributed by atoms with Crippen LogP contribution in [0.1, 0.15) is 22.3 Å². The largest absolute Gasteiger partial charge is 0.486 e. The lowest BCUT2D eigenvalue weighted by Gasteiger charge is -2.19. The van der Waals surface area contributed by atoms with Crippen LogP contribution in [0.15, 0.2) is 42.5 Å². The average Bonchev–Trinajstić information content (AvgIpc) is 3.05. The molecule has 8 heteroatoms. The highest BCUT2D eigenvalue weighted by atomic mass is 32.2. The van der Waals surface area contributed by atoms with Gasteiger partial charge in [-0.2, -0.15) is 0 Å². The summed E-state index contributed by atoms with van der Waals surface area (Å²) in [5.74, 6) is 1.27. The van der Waals surface area contributed by atoms with Crippen molar-refractivity contribution in [1.82, 2.24) is 5.32 Å². The average molecular weight is 388 g/mol. The summed E-state index contributed by atoms with van der Waals surface area (Å²) in [5, 5.41) is 2.86. The van der Waals surface area contributed by atoms with Crippen LogP contribution in [0.4, 0.5) is 5.69 Å². The zero-order valence-electron chi connectivity index (χ0n) is 14.7. The van der Waals surface area contributed by atoms with Crippen LogP contribution in [-0.2, 0) is 16.6 Å². The minimum absolute atomic E-state index is 0.146. The van der Waals surface area contributed by atoms with Gasteiger partial charge in [0.05, 0.1) is 11.4 Å². The van der Waals surface area contributed by atoms with Crippen molar-refractivity contribution in [3.8, 4) is 11.5 Å². The first-order chi connectivity index (χ1) is 13.0. The molecular formula is C19H20N2O5S. The molecule has 1 N–H and O–H groups in total. The highest BCUT2D eigenvalue weighted by molar-refractivity contribution is 7.93. The van der Waals surface area contributed by atoms with Gasteiger partial charge in [-0.15, -0.1) is 0 Å². The summed E-state index contributed by atoms with van der Waals surface area (Å²) in [6.45, 7) is 1.83. The van der Waals surface area contributed by atoms with Gasteiger partial charge in [0.2, 0.25) is 10.0 Å². The zero-order chi connectivity index (χ0) is 18.9. The van der Waals surface area contributed by atoms with Crippen molar-refractivity contribution in [3.63, 3.8) is 0 Å². The fraction of sp³-hybridized carbons (Fsp3) is 0.316. The number of benzene rings is 2. The van der Waals surface area contributed by atoms with Gasteiger partial charge in [-0.25, -0.2) is 8.42 Å². The third-order valence-electron chi connectivity index (χ3n) is 4.56. The first kappa shape index (κ1) is 17.7. The van der Waals surface area contributed by atoms with Gasteiger partial charge in [0.25, 0.3) is 5.91 Å². The minimum atomic E-state index is -3.27. The standard InChI is InChI=1S/C19H20N2O5S/c22-19(20-13-14-5-6-17-18(11-14)26-9-8-25-17)15-3-1-4-16(12-15)21-7-2-10-27(21,23)24/h1,3-6,11-12H,2,7-10,13H2,(H,20,22). The van der Waals surface area contributed by atoms with Crippen molar-refractivity contribution >= 4 is 21.6 Å². The molecule has 0 atom stereocenters. The molecule has 0 bridgehead atoms. The molecule has 0 spiro atoms. The Kier molecular flexibility index (Phi) is 4.65. The van der Waals surface area contributed by atoms with Crippen LogP contribution >= 0.6 is 0 Å². The van der Waals surface area contributed by atoms with E-state index in [0.717, 1.165) is 5.56 Å². The van der Waals surface area contributed by atoms with Crippen LogP contribution in [0, 0.1) is 0 Å². The third kappa shape index (κ3) is 3.71. The Morgan fingerprint density at radius 1 is 1.07 bits per heavy atom. The molecule has 7 nitrogen and oxygen atoms in total. The molecule has 0 aromatic heterocycles. The molecule has 2 heterocycles. The van der Waals surface area contributed by atoms with E-state index in [-0.39, 0.29) is 11.7 Å².